The van der Waals surface area contributed by atoms with Crippen LogP contribution in [0.1, 0.15) is 19.3 Å². The van der Waals surface area contributed by atoms with Gasteiger partial charge in [0.1, 0.15) is 0 Å². The zero-order valence-electron chi connectivity index (χ0n) is 14.8. The summed E-state index contributed by atoms with van der Waals surface area (Å²) in [5, 5.41) is 4.50. The van der Waals surface area contributed by atoms with Crippen LogP contribution in [0.2, 0.25) is 0 Å². The fraction of sp³-hybridized carbons (Fsp3) is 0.217. The molecule has 0 saturated carbocycles. The summed E-state index contributed by atoms with van der Waals surface area (Å²) in [5.41, 5.74) is 5.72. The van der Waals surface area contributed by atoms with Gasteiger partial charge in [-0.05, 0) is 0 Å². The van der Waals surface area contributed by atoms with Crippen molar-refractivity contribution in [1.29, 1.82) is 0 Å². The number of nitrogens with two attached hydrogens (primary N) is 1. The molecule has 3 rings (SSSR count). The molecule has 0 bridgehead atoms. The van der Waals surface area contributed by atoms with Gasteiger partial charge < -0.3 is 0 Å². The molecule has 3 aromatic rings. The number of hydrogen-bond acceptors (Lipinski definition) is 1. The Morgan fingerprint density at radius 1 is 0.520 bits per heavy atom. The van der Waals surface area contributed by atoms with Crippen LogP contribution in [-0.2, 0) is 0 Å². The van der Waals surface area contributed by atoms with E-state index in [-0.39, 0.29) is 0 Å². The van der Waals surface area contributed by atoms with Crippen molar-refractivity contribution in [2.45, 2.75) is 19.3 Å². The van der Waals surface area contributed by atoms with Gasteiger partial charge in [-0.15, -0.1) is 0 Å². The minimum absolute atomic E-state index is 0.788. The Bertz CT molecular complexity index is 644. The van der Waals surface area contributed by atoms with Crippen LogP contribution in [0.15, 0.2) is 91.0 Å². The normalized spacial score (nSPS) is 12.0. The molecule has 1 nitrogen and oxygen atoms in total. The SMILES string of the molecule is NCCCCC[PH](c1ccccc1)(c1ccccc1)c1ccccc1. The average molecular weight is 349 g/mol. The predicted molar refractivity (Wildman–Crippen MR) is 114 cm³/mol. The van der Waals surface area contributed by atoms with Crippen LogP contribution in [0.5, 0.6) is 0 Å². The van der Waals surface area contributed by atoms with E-state index in [1.54, 1.807) is 0 Å². The molecule has 0 aliphatic rings. The molecule has 0 radical (unpaired) electrons. The van der Waals surface area contributed by atoms with Gasteiger partial charge in [0.05, 0.1) is 0 Å². The molecule has 2 heteroatoms. The summed E-state index contributed by atoms with van der Waals surface area (Å²) in [6, 6.07) is 33.4. The van der Waals surface area contributed by atoms with Crippen molar-refractivity contribution in [2.24, 2.45) is 5.73 Å². The molecular weight excluding hydrogens is 321 g/mol. The Kier molecular flexibility index (Phi) is 6.39. The van der Waals surface area contributed by atoms with Crippen LogP contribution < -0.4 is 21.6 Å². The second-order valence-electron chi connectivity index (χ2n) is 6.60. The summed E-state index contributed by atoms with van der Waals surface area (Å²) in [7, 11) is -2.01. The second-order valence-corrected chi connectivity index (χ2v) is 10.6. The molecule has 0 aliphatic heterocycles. The van der Waals surface area contributed by atoms with E-state index in [2.05, 4.69) is 91.0 Å². The first-order chi connectivity index (χ1) is 12.4. The van der Waals surface area contributed by atoms with Crippen molar-refractivity contribution < 1.29 is 0 Å². The number of benzene rings is 3. The molecule has 0 fully saturated rings. The Hall–Kier alpha value is -1.95. The summed E-state index contributed by atoms with van der Waals surface area (Å²) in [5.74, 6) is 0. The van der Waals surface area contributed by atoms with E-state index in [4.69, 9.17) is 5.73 Å². The van der Waals surface area contributed by atoms with Gasteiger partial charge in [-0.25, -0.2) is 0 Å². The van der Waals surface area contributed by atoms with E-state index in [1.165, 1.54) is 34.9 Å². The Morgan fingerprint density at radius 2 is 0.920 bits per heavy atom. The van der Waals surface area contributed by atoms with Gasteiger partial charge in [-0.2, -0.15) is 0 Å². The van der Waals surface area contributed by atoms with E-state index in [9.17, 15) is 0 Å². The van der Waals surface area contributed by atoms with Gasteiger partial charge in [-0.1, -0.05) is 0 Å². The summed E-state index contributed by atoms with van der Waals surface area (Å²) in [6.45, 7) is 0.788. The molecule has 3 aromatic carbocycles. The van der Waals surface area contributed by atoms with Crippen molar-refractivity contribution in [3.05, 3.63) is 91.0 Å². The monoisotopic (exact) mass is 349 g/mol. The fourth-order valence-electron chi connectivity index (χ4n) is 3.81. The third-order valence-corrected chi connectivity index (χ3v) is 10.1. The maximum absolute atomic E-state index is 5.72. The van der Waals surface area contributed by atoms with Gasteiger partial charge in [0.15, 0.2) is 0 Å². The molecule has 0 saturated heterocycles. The Morgan fingerprint density at radius 3 is 1.28 bits per heavy atom. The summed E-state index contributed by atoms with van der Waals surface area (Å²) in [4.78, 5) is 0. The van der Waals surface area contributed by atoms with Gasteiger partial charge in [0, 0.05) is 0 Å². The van der Waals surface area contributed by atoms with E-state index in [0.717, 1.165) is 13.0 Å². The van der Waals surface area contributed by atoms with Gasteiger partial charge in [-0.3, -0.25) is 0 Å². The zero-order valence-corrected chi connectivity index (χ0v) is 15.8. The van der Waals surface area contributed by atoms with Crippen LogP contribution in [0.25, 0.3) is 0 Å². The standard InChI is InChI=1S/C23H28NP/c24-19-11-4-12-20-25(21-13-5-1-6-14-21,22-15-7-2-8-16-22)23-17-9-3-10-18-23/h1-3,5-10,13-18,25H,4,11-12,19-20,24H2. The Labute approximate surface area is 152 Å². The van der Waals surface area contributed by atoms with Crippen LogP contribution in [0.3, 0.4) is 0 Å². The maximum atomic E-state index is 5.72. The third kappa shape index (κ3) is 4.00. The molecule has 25 heavy (non-hydrogen) atoms. The van der Waals surface area contributed by atoms with Crippen molar-refractivity contribution in [3.8, 4) is 0 Å². The first kappa shape index (κ1) is 17.9. The third-order valence-electron chi connectivity index (χ3n) is 5.06. The first-order valence-electron chi connectivity index (χ1n) is 9.24. The van der Waals surface area contributed by atoms with Gasteiger partial charge in [0.2, 0.25) is 0 Å². The number of unbranched alkanes of at least 4 members (excludes halogenated alkanes) is 2. The number of hydrogen-bond donors (Lipinski definition) is 1. The molecule has 0 spiro atoms. The van der Waals surface area contributed by atoms with E-state index < -0.39 is 7.26 Å². The Balaban J connectivity index is 2.13. The molecular formula is C23H28NP. The molecule has 0 unspecified atom stereocenters. The second kappa shape index (κ2) is 8.94. The predicted octanol–water partition coefficient (Wildman–Crippen LogP) is 3.84. The van der Waals surface area contributed by atoms with Crippen molar-refractivity contribution >= 4 is 23.2 Å². The van der Waals surface area contributed by atoms with E-state index in [0.29, 0.717) is 0 Å². The summed E-state index contributed by atoms with van der Waals surface area (Å²) in [6.07, 6.45) is 4.77. The fourth-order valence-corrected chi connectivity index (χ4v) is 8.74. The van der Waals surface area contributed by atoms with Gasteiger partial charge >= 0.3 is 152 Å². The molecule has 0 atom stereocenters. The average Bonchev–Trinajstić information content (AvgIpc) is 2.70. The molecule has 0 heterocycles. The minimum atomic E-state index is -2.01. The quantitative estimate of drug-likeness (QED) is 0.485. The molecule has 0 aliphatic carbocycles. The van der Waals surface area contributed by atoms with Crippen LogP contribution >= 0.6 is 7.26 Å². The first-order valence-corrected chi connectivity index (χ1v) is 11.5. The van der Waals surface area contributed by atoms with Crippen LogP contribution in [0, 0.1) is 0 Å². The molecule has 2 N–H and O–H groups in total. The molecule has 130 valence electrons. The van der Waals surface area contributed by atoms with Crippen molar-refractivity contribution in [2.75, 3.05) is 12.7 Å². The van der Waals surface area contributed by atoms with E-state index in [1.807, 2.05) is 0 Å². The molecule has 0 aromatic heterocycles. The summed E-state index contributed by atoms with van der Waals surface area (Å²) < 4.78 is 0. The molecule has 0 amide bonds. The van der Waals surface area contributed by atoms with Crippen LogP contribution in [0.4, 0.5) is 0 Å². The summed E-state index contributed by atoms with van der Waals surface area (Å²) >= 11 is 0. The topological polar surface area (TPSA) is 26.0 Å². The zero-order chi connectivity index (χ0) is 17.4. The van der Waals surface area contributed by atoms with Crippen LogP contribution in [-0.4, -0.2) is 12.7 Å². The van der Waals surface area contributed by atoms with E-state index >= 15 is 0 Å². The van der Waals surface area contributed by atoms with Crippen molar-refractivity contribution in [3.63, 3.8) is 0 Å². The number of rotatable bonds is 8. The van der Waals surface area contributed by atoms with Crippen molar-refractivity contribution in [1.82, 2.24) is 0 Å². The van der Waals surface area contributed by atoms with Gasteiger partial charge in [0.25, 0.3) is 0 Å².